The molecule has 112 valence electrons. The van der Waals surface area contributed by atoms with E-state index in [1.165, 1.54) is 0 Å². The molecule has 0 atom stereocenters. The fourth-order valence-corrected chi connectivity index (χ4v) is 3.19. The zero-order chi connectivity index (χ0) is 15.3. The van der Waals surface area contributed by atoms with Gasteiger partial charge in [0.25, 0.3) is 0 Å². The first-order chi connectivity index (χ1) is 10.7. The Kier molecular flexibility index (Phi) is 3.12. The van der Waals surface area contributed by atoms with E-state index in [9.17, 15) is 0 Å². The number of aryl methyl sites for hydroxylation is 1. The summed E-state index contributed by atoms with van der Waals surface area (Å²) < 4.78 is 5.12. The summed E-state index contributed by atoms with van der Waals surface area (Å²) in [6, 6.07) is 6.22. The molecule has 1 aliphatic heterocycles. The van der Waals surface area contributed by atoms with E-state index in [0.717, 1.165) is 38.8 Å². The summed E-state index contributed by atoms with van der Waals surface area (Å²) in [5.41, 5.74) is 4.30. The van der Waals surface area contributed by atoms with Crippen LogP contribution in [-0.2, 0) is 13.1 Å². The Morgan fingerprint density at radius 3 is 3.05 bits per heavy atom. The predicted molar refractivity (Wildman–Crippen MR) is 86.9 cm³/mol. The molecule has 0 spiro atoms. The number of rotatable bonds is 2. The van der Waals surface area contributed by atoms with Crippen LogP contribution in [0.5, 0.6) is 0 Å². The molecule has 1 aliphatic rings. The molecule has 1 N–H and O–H groups in total. The first kappa shape index (κ1) is 13.7. The SMILES string of the molecule is CNCc1nc2n(n1)Cc1c(C)ncn1-c1ccc(Br)cc1-2. The third-order valence-electron chi connectivity index (χ3n) is 3.88. The molecule has 0 saturated heterocycles. The molecule has 1 aromatic carbocycles. The number of hydrogen-bond donors (Lipinski definition) is 1. The maximum Gasteiger partial charge on any atom is 0.165 e. The van der Waals surface area contributed by atoms with Gasteiger partial charge in [0.1, 0.15) is 0 Å². The average Bonchev–Trinajstić information content (AvgIpc) is 3.02. The zero-order valence-electron chi connectivity index (χ0n) is 12.3. The number of benzene rings is 1. The van der Waals surface area contributed by atoms with E-state index in [4.69, 9.17) is 4.98 Å². The van der Waals surface area contributed by atoms with Crippen molar-refractivity contribution in [3.05, 3.63) is 46.2 Å². The van der Waals surface area contributed by atoms with Crippen LogP contribution in [0, 0.1) is 6.92 Å². The van der Waals surface area contributed by atoms with Gasteiger partial charge >= 0.3 is 0 Å². The molecule has 3 heterocycles. The van der Waals surface area contributed by atoms with E-state index in [1.807, 2.05) is 31.0 Å². The summed E-state index contributed by atoms with van der Waals surface area (Å²) in [5, 5.41) is 7.74. The molecule has 22 heavy (non-hydrogen) atoms. The molecule has 0 bridgehead atoms. The Morgan fingerprint density at radius 1 is 1.36 bits per heavy atom. The summed E-state index contributed by atoms with van der Waals surface area (Å²) in [6.07, 6.45) is 1.87. The van der Waals surface area contributed by atoms with Crippen molar-refractivity contribution in [2.24, 2.45) is 0 Å². The van der Waals surface area contributed by atoms with E-state index in [2.05, 4.69) is 48.0 Å². The van der Waals surface area contributed by atoms with Gasteiger partial charge < -0.3 is 9.88 Å². The van der Waals surface area contributed by atoms with Gasteiger partial charge in [-0.05, 0) is 32.2 Å². The van der Waals surface area contributed by atoms with Gasteiger partial charge in [-0.25, -0.2) is 14.6 Å². The number of imidazole rings is 1. The van der Waals surface area contributed by atoms with Gasteiger partial charge in [-0.2, -0.15) is 5.10 Å². The minimum absolute atomic E-state index is 0.654. The van der Waals surface area contributed by atoms with Crippen LogP contribution in [0.4, 0.5) is 0 Å². The van der Waals surface area contributed by atoms with Crippen molar-refractivity contribution < 1.29 is 0 Å². The Balaban J connectivity index is 2.01. The average molecular weight is 359 g/mol. The molecule has 0 fully saturated rings. The summed E-state index contributed by atoms with van der Waals surface area (Å²) in [7, 11) is 1.90. The van der Waals surface area contributed by atoms with Crippen LogP contribution in [0.25, 0.3) is 17.1 Å². The fraction of sp³-hybridized carbons (Fsp3) is 0.267. The van der Waals surface area contributed by atoms with Crippen molar-refractivity contribution in [3.63, 3.8) is 0 Å². The van der Waals surface area contributed by atoms with Crippen LogP contribution in [0.15, 0.2) is 29.0 Å². The van der Waals surface area contributed by atoms with Crippen LogP contribution in [0.1, 0.15) is 17.2 Å². The van der Waals surface area contributed by atoms with Crippen molar-refractivity contribution in [1.29, 1.82) is 0 Å². The second-order valence-electron chi connectivity index (χ2n) is 5.35. The molecular formula is C15H15BrN6. The standard InChI is InChI=1S/C15H15BrN6/c1-9-13-7-22-15(19-14(20-22)6-17-2)11-5-10(16)3-4-12(11)21(13)8-18-9/h3-5,8,17H,6-7H2,1-2H3. The van der Waals surface area contributed by atoms with E-state index in [0.29, 0.717) is 13.1 Å². The van der Waals surface area contributed by atoms with E-state index < -0.39 is 0 Å². The Labute approximate surface area is 136 Å². The summed E-state index contributed by atoms with van der Waals surface area (Å²) in [4.78, 5) is 9.16. The summed E-state index contributed by atoms with van der Waals surface area (Å²) >= 11 is 3.56. The van der Waals surface area contributed by atoms with Gasteiger partial charge in [-0.1, -0.05) is 15.9 Å². The largest absolute Gasteiger partial charge is 0.313 e. The Hall–Kier alpha value is -1.99. The van der Waals surface area contributed by atoms with Gasteiger partial charge in [-0.15, -0.1) is 0 Å². The minimum Gasteiger partial charge on any atom is -0.313 e. The van der Waals surface area contributed by atoms with Crippen molar-refractivity contribution in [2.45, 2.75) is 20.0 Å². The number of aromatic nitrogens is 5. The molecule has 0 radical (unpaired) electrons. The molecule has 3 aromatic rings. The number of fused-ring (bicyclic) bond motifs is 5. The second-order valence-corrected chi connectivity index (χ2v) is 6.26. The molecule has 4 rings (SSSR count). The van der Waals surface area contributed by atoms with E-state index in [1.54, 1.807) is 0 Å². The minimum atomic E-state index is 0.654. The van der Waals surface area contributed by atoms with Gasteiger partial charge in [0.2, 0.25) is 0 Å². The first-order valence-electron chi connectivity index (χ1n) is 7.09. The quantitative estimate of drug-likeness (QED) is 0.597. The van der Waals surface area contributed by atoms with Gasteiger partial charge in [0.15, 0.2) is 11.6 Å². The van der Waals surface area contributed by atoms with Crippen LogP contribution in [-0.4, -0.2) is 31.4 Å². The normalized spacial score (nSPS) is 12.5. The van der Waals surface area contributed by atoms with Crippen LogP contribution < -0.4 is 5.32 Å². The second kappa shape index (κ2) is 5.03. The van der Waals surface area contributed by atoms with Crippen LogP contribution in [0.3, 0.4) is 0 Å². The monoisotopic (exact) mass is 358 g/mol. The zero-order valence-corrected chi connectivity index (χ0v) is 13.9. The lowest BCUT2D eigenvalue weighted by molar-refractivity contribution is 0.649. The molecule has 0 aliphatic carbocycles. The number of nitrogens with zero attached hydrogens (tertiary/aromatic N) is 5. The smallest absolute Gasteiger partial charge is 0.165 e. The summed E-state index contributed by atoms with van der Waals surface area (Å²) in [6.45, 7) is 3.35. The third-order valence-corrected chi connectivity index (χ3v) is 4.38. The topological polar surface area (TPSA) is 60.6 Å². The van der Waals surface area contributed by atoms with Crippen molar-refractivity contribution in [1.82, 2.24) is 29.6 Å². The lowest BCUT2D eigenvalue weighted by Gasteiger charge is -2.08. The Morgan fingerprint density at radius 2 is 2.23 bits per heavy atom. The maximum absolute atomic E-state index is 4.71. The molecule has 0 saturated carbocycles. The highest BCUT2D eigenvalue weighted by atomic mass is 79.9. The first-order valence-corrected chi connectivity index (χ1v) is 7.88. The molecule has 2 aromatic heterocycles. The van der Waals surface area contributed by atoms with Crippen LogP contribution >= 0.6 is 15.9 Å². The Bertz CT molecular complexity index is 863. The van der Waals surface area contributed by atoms with E-state index in [-0.39, 0.29) is 0 Å². The van der Waals surface area contributed by atoms with Crippen LogP contribution in [0.2, 0.25) is 0 Å². The number of halogens is 1. The van der Waals surface area contributed by atoms with Crippen molar-refractivity contribution >= 4 is 15.9 Å². The van der Waals surface area contributed by atoms with E-state index >= 15 is 0 Å². The molecular weight excluding hydrogens is 344 g/mol. The number of hydrogen-bond acceptors (Lipinski definition) is 4. The highest BCUT2D eigenvalue weighted by Crippen LogP contribution is 2.33. The molecule has 6 nitrogen and oxygen atoms in total. The van der Waals surface area contributed by atoms with Gasteiger partial charge in [0.05, 0.1) is 36.5 Å². The van der Waals surface area contributed by atoms with Gasteiger partial charge in [-0.3, -0.25) is 0 Å². The van der Waals surface area contributed by atoms with Crippen molar-refractivity contribution in [2.75, 3.05) is 7.05 Å². The predicted octanol–water partition coefficient (Wildman–Crippen LogP) is 2.28. The molecule has 0 amide bonds. The van der Waals surface area contributed by atoms with Crippen molar-refractivity contribution in [3.8, 4) is 17.1 Å². The number of nitrogens with one attached hydrogen (secondary N) is 1. The molecule has 7 heteroatoms. The highest BCUT2D eigenvalue weighted by molar-refractivity contribution is 9.10. The third kappa shape index (κ3) is 2.00. The molecule has 0 unspecified atom stereocenters. The van der Waals surface area contributed by atoms with Gasteiger partial charge in [0, 0.05) is 10.0 Å². The highest BCUT2D eigenvalue weighted by Gasteiger charge is 2.23. The lowest BCUT2D eigenvalue weighted by atomic mass is 10.1. The summed E-state index contributed by atoms with van der Waals surface area (Å²) in [5.74, 6) is 1.69. The maximum atomic E-state index is 4.71. The fourth-order valence-electron chi connectivity index (χ4n) is 2.83. The lowest BCUT2D eigenvalue weighted by Crippen LogP contribution is -2.09.